The number of hydrogen-bond donors (Lipinski definition) is 1. The number of nitrogens with one attached hydrogen (secondary N) is 1. The molecule has 1 aromatic carbocycles. The average Bonchev–Trinajstić information content (AvgIpc) is 3.42. The minimum atomic E-state index is -0.0353. The van der Waals surface area contributed by atoms with Crippen LogP contribution >= 0.6 is 11.3 Å². The van der Waals surface area contributed by atoms with Crippen molar-refractivity contribution in [1.82, 2.24) is 20.0 Å². The highest BCUT2D eigenvalue weighted by atomic mass is 32.1. The number of benzene rings is 1. The number of fused-ring (bicyclic) bond motifs is 2. The Kier molecular flexibility index (Phi) is 4.46. The van der Waals surface area contributed by atoms with Gasteiger partial charge in [-0.05, 0) is 38.0 Å². The second-order valence-corrected chi connectivity index (χ2v) is 8.29. The Morgan fingerprint density at radius 1 is 1.24 bits per heavy atom. The molecule has 5 rings (SSSR count). The van der Waals surface area contributed by atoms with E-state index in [0.29, 0.717) is 18.5 Å². The first-order valence-electron chi connectivity index (χ1n) is 9.97. The maximum atomic E-state index is 12.9. The van der Waals surface area contributed by atoms with Gasteiger partial charge in [0.05, 0.1) is 28.0 Å². The fourth-order valence-corrected chi connectivity index (χ4v) is 4.90. The van der Waals surface area contributed by atoms with Crippen LogP contribution in [0.4, 0.5) is 27.9 Å². The second-order valence-electron chi connectivity index (χ2n) is 7.40. The molecule has 2 aliphatic rings. The van der Waals surface area contributed by atoms with Crippen LogP contribution < -0.4 is 15.2 Å². The number of nitrogens with zero attached hydrogens (tertiary/aromatic N) is 6. The number of amides is 2. The second kappa shape index (κ2) is 7.14. The van der Waals surface area contributed by atoms with Crippen LogP contribution in [0.25, 0.3) is 10.2 Å². The monoisotopic (exact) mass is 409 g/mol. The van der Waals surface area contributed by atoms with Gasteiger partial charge in [0.2, 0.25) is 5.95 Å². The van der Waals surface area contributed by atoms with E-state index in [1.54, 1.807) is 34.5 Å². The molecule has 2 aromatic heterocycles. The molecule has 0 spiro atoms. The summed E-state index contributed by atoms with van der Waals surface area (Å²) in [5, 5.41) is 7.22. The molecule has 8 nitrogen and oxygen atoms in total. The van der Waals surface area contributed by atoms with Crippen LogP contribution in [0.3, 0.4) is 0 Å². The van der Waals surface area contributed by atoms with E-state index in [-0.39, 0.29) is 6.03 Å². The fourth-order valence-electron chi connectivity index (χ4n) is 4.18. The van der Waals surface area contributed by atoms with E-state index in [0.717, 1.165) is 40.3 Å². The van der Waals surface area contributed by atoms with Crippen molar-refractivity contribution in [3.63, 3.8) is 0 Å². The van der Waals surface area contributed by atoms with Gasteiger partial charge < -0.3 is 5.32 Å². The van der Waals surface area contributed by atoms with Gasteiger partial charge in [0.1, 0.15) is 5.69 Å². The molecule has 2 amide bonds. The first kappa shape index (κ1) is 18.1. The third-order valence-corrected chi connectivity index (χ3v) is 6.45. The van der Waals surface area contributed by atoms with Crippen LogP contribution in [0.15, 0.2) is 29.9 Å². The van der Waals surface area contributed by atoms with Crippen molar-refractivity contribution in [3.8, 4) is 0 Å². The number of carbonyl (C=O) groups excluding carboxylic acids is 1. The first-order chi connectivity index (χ1) is 14.2. The lowest BCUT2D eigenvalue weighted by Gasteiger charge is -2.45. The van der Waals surface area contributed by atoms with E-state index >= 15 is 0 Å². The van der Waals surface area contributed by atoms with Crippen LogP contribution in [0.2, 0.25) is 0 Å². The van der Waals surface area contributed by atoms with Gasteiger partial charge in [-0.15, -0.1) is 11.3 Å². The van der Waals surface area contributed by atoms with Crippen LogP contribution in [-0.2, 0) is 0 Å². The summed E-state index contributed by atoms with van der Waals surface area (Å²) in [5.74, 6) is 1.31. The van der Waals surface area contributed by atoms with Gasteiger partial charge in [0, 0.05) is 19.3 Å². The molecule has 150 valence electrons. The van der Waals surface area contributed by atoms with Crippen LogP contribution in [0.5, 0.6) is 0 Å². The highest BCUT2D eigenvalue weighted by Gasteiger charge is 2.39. The molecular formula is C20H23N7OS. The number of anilines is 4. The van der Waals surface area contributed by atoms with Gasteiger partial charge in [-0.2, -0.15) is 4.98 Å². The Hall–Kier alpha value is -2.94. The topological polar surface area (TPSA) is 77.5 Å². The molecule has 3 heterocycles. The SMILES string of the molecule is CCN1C(=O)N(C)c2cnc(Nc3ccc4ncsc4c3)nc2N1C1CCCC1. The first-order valence-corrected chi connectivity index (χ1v) is 10.9. The summed E-state index contributed by atoms with van der Waals surface area (Å²) >= 11 is 1.60. The third-order valence-electron chi connectivity index (χ3n) is 5.65. The zero-order chi connectivity index (χ0) is 20.0. The third kappa shape index (κ3) is 3.05. The summed E-state index contributed by atoms with van der Waals surface area (Å²) < 4.78 is 1.11. The molecule has 0 radical (unpaired) electrons. The number of carbonyl (C=O) groups is 1. The van der Waals surface area contributed by atoms with E-state index in [1.165, 1.54) is 12.8 Å². The van der Waals surface area contributed by atoms with Gasteiger partial charge in [-0.3, -0.25) is 9.91 Å². The smallest absolute Gasteiger partial charge is 0.324 e. The van der Waals surface area contributed by atoms with Crippen molar-refractivity contribution in [1.29, 1.82) is 0 Å². The van der Waals surface area contributed by atoms with Crippen molar-refractivity contribution in [2.75, 3.05) is 28.8 Å². The minimum absolute atomic E-state index is 0.0353. The van der Waals surface area contributed by atoms with Crippen LogP contribution in [0, 0.1) is 0 Å². The van der Waals surface area contributed by atoms with Crippen molar-refractivity contribution in [2.24, 2.45) is 0 Å². The van der Waals surface area contributed by atoms with Gasteiger partial charge in [-0.1, -0.05) is 12.8 Å². The van der Waals surface area contributed by atoms with Crippen molar-refractivity contribution >= 4 is 50.7 Å². The van der Waals surface area contributed by atoms with Crippen molar-refractivity contribution < 1.29 is 4.79 Å². The zero-order valence-electron chi connectivity index (χ0n) is 16.5. The molecule has 1 saturated carbocycles. The number of thiazole rings is 1. The van der Waals surface area contributed by atoms with Crippen LogP contribution in [0.1, 0.15) is 32.6 Å². The number of hydrazine groups is 1. The Morgan fingerprint density at radius 2 is 2.07 bits per heavy atom. The van der Waals surface area contributed by atoms with Gasteiger partial charge in [-0.25, -0.2) is 19.8 Å². The lowest BCUT2D eigenvalue weighted by Crippen LogP contribution is -2.59. The molecular weight excluding hydrogens is 386 g/mol. The molecule has 29 heavy (non-hydrogen) atoms. The Morgan fingerprint density at radius 3 is 2.86 bits per heavy atom. The molecule has 9 heteroatoms. The summed E-state index contributed by atoms with van der Waals surface area (Å²) in [7, 11) is 1.78. The molecule has 0 bridgehead atoms. The summed E-state index contributed by atoms with van der Waals surface area (Å²) in [5.41, 5.74) is 4.49. The lowest BCUT2D eigenvalue weighted by molar-refractivity contribution is 0.191. The Balaban J connectivity index is 1.53. The summed E-state index contributed by atoms with van der Waals surface area (Å²) in [6.07, 6.45) is 6.25. The van der Waals surface area contributed by atoms with Gasteiger partial charge in [0.15, 0.2) is 5.82 Å². The van der Waals surface area contributed by atoms with E-state index in [1.807, 2.05) is 24.6 Å². The van der Waals surface area contributed by atoms with Crippen LogP contribution in [-0.4, -0.2) is 45.6 Å². The molecule has 3 aromatic rings. The molecule has 1 fully saturated rings. The summed E-state index contributed by atoms with van der Waals surface area (Å²) in [6, 6.07) is 6.28. The van der Waals surface area contributed by atoms with E-state index in [4.69, 9.17) is 4.98 Å². The highest BCUT2D eigenvalue weighted by Crippen LogP contribution is 2.39. The summed E-state index contributed by atoms with van der Waals surface area (Å²) in [4.78, 5) is 28.2. The lowest BCUT2D eigenvalue weighted by atomic mass is 10.2. The number of urea groups is 1. The van der Waals surface area contributed by atoms with Gasteiger partial charge >= 0.3 is 6.03 Å². The average molecular weight is 410 g/mol. The van der Waals surface area contributed by atoms with E-state index in [9.17, 15) is 4.79 Å². The van der Waals surface area contributed by atoms with Crippen molar-refractivity contribution in [2.45, 2.75) is 38.6 Å². The quantitative estimate of drug-likeness (QED) is 0.689. The fraction of sp³-hybridized carbons (Fsp3) is 0.400. The normalized spacial score (nSPS) is 17.3. The Bertz CT molecular complexity index is 1060. The molecule has 0 saturated heterocycles. The largest absolute Gasteiger partial charge is 0.343 e. The molecule has 0 unspecified atom stereocenters. The number of rotatable bonds is 4. The molecule has 1 aliphatic carbocycles. The standard InChI is InChI=1S/C20H23N7OS/c1-3-26-20(28)25(2)16-11-21-19(24-18(16)27(26)14-6-4-5-7-14)23-13-8-9-15-17(10-13)29-12-22-15/h8-12,14H,3-7H2,1-2H3,(H,21,23,24). The number of hydrogen-bond acceptors (Lipinski definition) is 7. The maximum Gasteiger partial charge on any atom is 0.343 e. The van der Waals surface area contributed by atoms with Gasteiger partial charge in [0.25, 0.3) is 0 Å². The molecule has 1 aliphatic heterocycles. The minimum Gasteiger partial charge on any atom is -0.324 e. The number of aromatic nitrogens is 3. The zero-order valence-corrected chi connectivity index (χ0v) is 17.3. The molecule has 0 atom stereocenters. The predicted octanol–water partition coefficient (Wildman–Crippen LogP) is 4.39. The maximum absolute atomic E-state index is 12.9. The highest BCUT2D eigenvalue weighted by molar-refractivity contribution is 7.16. The van der Waals surface area contributed by atoms with E-state index in [2.05, 4.69) is 26.4 Å². The van der Waals surface area contributed by atoms with Crippen molar-refractivity contribution in [3.05, 3.63) is 29.9 Å². The predicted molar refractivity (Wildman–Crippen MR) is 116 cm³/mol. The molecule has 1 N–H and O–H groups in total. The summed E-state index contributed by atoms with van der Waals surface area (Å²) in [6.45, 7) is 2.61. The Labute approximate surface area is 173 Å². The van der Waals surface area contributed by atoms with E-state index < -0.39 is 0 Å².